The van der Waals surface area contributed by atoms with Crippen LogP contribution in [0.2, 0.25) is 0 Å². The van der Waals surface area contributed by atoms with E-state index in [9.17, 15) is 9.18 Å². The fraction of sp³-hybridized carbons (Fsp3) is 0.458. The van der Waals surface area contributed by atoms with Crippen molar-refractivity contribution in [3.63, 3.8) is 0 Å². The van der Waals surface area contributed by atoms with Crippen molar-refractivity contribution < 1.29 is 13.9 Å². The third kappa shape index (κ3) is 3.31. The minimum absolute atomic E-state index is 0.0442. The Morgan fingerprint density at radius 3 is 2.62 bits per heavy atom. The molecule has 3 heterocycles. The summed E-state index contributed by atoms with van der Waals surface area (Å²) in [6.07, 6.45) is 4.84. The van der Waals surface area contributed by atoms with Crippen LogP contribution in [0, 0.1) is 5.82 Å². The summed E-state index contributed by atoms with van der Waals surface area (Å²) < 4.78 is 19.6. The molecule has 0 aromatic heterocycles. The molecule has 0 spiro atoms. The second-order valence-corrected chi connectivity index (χ2v) is 8.56. The van der Waals surface area contributed by atoms with Gasteiger partial charge in [-0.2, -0.15) is 0 Å². The summed E-state index contributed by atoms with van der Waals surface area (Å²) in [6.45, 7) is 0.605. The van der Waals surface area contributed by atoms with Gasteiger partial charge in [-0.3, -0.25) is 9.80 Å². The summed E-state index contributed by atoms with van der Waals surface area (Å²) >= 11 is 0. The van der Waals surface area contributed by atoms with Crippen LogP contribution >= 0.6 is 0 Å². The number of hydrogen-bond donors (Lipinski definition) is 0. The van der Waals surface area contributed by atoms with Crippen LogP contribution in [-0.2, 0) is 11.2 Å². The van der Waals surface area contributed by atoms with Crippen molar-refractivity contribution in [1.82, 2.24) is 9.80 Å². The van der Waals surface area contributed by atoms with Crippen molar-refractivity contribution in [1.29, 1.82) is 0 Å². The van der Waals surface area contributed by atoms with Gasteiger partial charge in [0.25, 0.3) is 0 Å². The zero-order valence-electron chi connectivity index (χ0n) is 16.8. The maximum absolute atomic E-state index is 13.5. The molecule has 5 rings (SSSR count). The van der Waals surface area contributed by atoms with Gasteiger partial charge < -0.3 is 4.74 Å². The largest absolute Gasteiger partial charge is 0.444 e. The van der Waals surface area contributed by atoms with E-state index >= 15 is 0 Å². The fourth-order valence-electron chi connectivity index (χ4n) is 5.49. The molecule has 0 N–H and O–H groups in total. The number of piperidine rings is 1. The number of carbonyl (C=O) groups is 1. The van der Waals surface area contributed by atoms with Crippen molar-refractivity contribution in [2.75, 3.05) is 13.6 Å². The Hall–Kier alpha value is -2.40. The van der Waals surface area contributed by atoms with E-state index in [1.54, 1.807) is 12.1 Å². The third-order valence-electron chi connectivity index (χ3n) is 7.06. The van der Waals surface area contributed by atoms with Gasteiger partial charge in [0.1, 0.15) is 11.9 Å². The molecule has 0 saturated carbocycles. The molecule has 2 saturated heterocycles. The average molecular weight is 394 g/mol. The standard InChI is InChI=1S/C24H27FN2O2/c1-26-19-10-12-21(26)22(13-11-19)29-24(28)27-15-14-16-4-2-3-5-20(16)23(27)17-6-8-18(25)9-7-17/h2-9,19,21-23H,10-15H2,1H3/t19?,21?,22-,23+/m1/s1. The number of rotatable bonds is 2. The highest BCUT2D eigenvalue weighted by Gasteiger charge is 2.43. The monoisotopic (exact) mass is 394 g/mol. The van der Waals surface area contributed by atoms with Crippen LogP contribution in [0.4, 0.5) is 9.18 Å². The zero-order valence-corrected chi connectivity index (χ0v) is 16.8. The molecule has 0 aliphatic carbocycles. The fourth-order valence-corrected chi connectivity index (χ4v) is 5.49. The highest BCUT2D eigenvalue weighted by Crippen LogP contribution is 2.38. The number of ether oxygens (including phenoxy) is 1. The average Bonchev–Trinajstić information content (AvgIpc) is 2.97. The van der Waals surface area contributed by atoms with Gasteiger partial charge in [-0.1, -0.05) is 36.4 Å². The smallest absolute Gasteiger partial charge is 0.410 e. The Morgan fingerprint density at radius 1 is 1.03 bits per heavy atom. The van der Waals surface area contributed by atoms with E-state index in [2.05, 4.69) is 24.1 Å². The van der Waals surface area contributed by atoms with Gasteiger partial charge in [0.2, 0.25) is 0 Å². The first-order valence-corrected chi connectivity index (χ1v) is 10.6. The SMILES string of the molecule is CN1C2CCC1[C@H](OC(=O)N1CCc3ccccc3[C@@H]1c1ccc(F)cc1)CC2. The Morgan fingerprint density at radius 2 is 1.79 bits per heavy atom. The number of likely N-dealkylation sites (N-methyl/N-ethyl adjacent to an activating group) is 1. The number of halogens is 1. The van der Waals surface area contributed by atoms with E-state index in [1.807, 2.05) is 17.0 Å². The molecule has 3 aliphatic rings. The van der Waals surface area contributed by atoms with E-state index in [1.165, 1.54) is 24.1 Å². The molecule has 2 aromatic rings. The number of fused-ring (bicyclic) bond motifs is 3. The highest BCUT2D eigenvalue weighted by atomic mass is 19.1. The molecule has 4 atom stereocenters. The number of hydrogen-bond acceptors (Lipinski definition) is 3. The van der Waals surface area contributed by atoms with Crippen LogP contribution in [0.25, 0.3) is 0 Å². The van der Waals surface area contributed by atoms with Crippen LogP contribution in [0.15, 0.2) is 48.5 Å². The Balaban J connectivity index is 1.43. The highest BCUT2D eigenvalue weighted by molar-refractivity contribution is 5.70. The zero-order chi connectivity index (χ0) is 20.0. The summed E-state index contributed by atoms with van der Waals surface area (Å²) in [6, 6.07) is 15.4. The van der Waals surface area contributed by atoms with Crippen molar-refractivity contribution in [2.24, 2.45) is 0 Å². The van der Waals surface area contributed by atoms with Gasteiger partial charge >= 0.3 is 6.09 Å². The van der Waals surface area contributed by atoms with Crippen molar-refractivity contribution in [3.8, 4) is 0 Å². The Bertz CT molecular complexity index is 900. The first kappa shape index (κ1) is 18.6. The molecule has 29 heavy (non-hydrogen) atoms. The van der Waals surface area contributed by atoms with Crippen LogP contribution in [-0.4, -0.2) is 47.7 Å². The molecule has 5 heteroatoms. The van der Waals surface area contributed by atoms with Crippen LogP contribution < -0.4 is 0 Å². The first-order valence-electron chi connectivity index (χ1n) is 10.6. The molecule has 2 unspecified atom stereocenters. The lowest BCUT2D eigenvalue weighted by Gasteiger charge is -2.40. The topological polar surface area (TPSA) is 32.8 Å². The first-order chi connectivity index (χ1) is 14.1. The molecule has 2 bridgehead atoms. The third-order valence-corrected chi connectivity index (χ3v) is 7.06. The van der Waals surface area contributed by atoms with E-state index in [0.29, 0.717) is 18.6 Å². The van der Waals surface area contributed by atoms with Crippen molar-refractivity contribution in [2.45, 2.75) is 56.3 Å². The Kier molecular flexibility index (Phi) is 4.78. The molecule has 4 nitrogen and oxygen atoms in total. The van der Waals surface area contributed by atoms with Crippen LogP contribution in [0.1, 0.15) is 48.4 Å². The van der Waals surface area contributed by atoms with Crippen molar-refractivity contribution >= 4 is 6.09 Å². The van der Waals surface area contributed by atoms with E-state index < -0.39 is 0 Å². The van der Waals surface area contributed by atoms with Gasteiger partial charge in [-0.25, -0.2) is 9.18 Å². The van der Waals surface area contributed by atoms with Crippen LogP contribution in [0.5, 0.6) is 0 Å². The molecule has 1 amide bonds. The lowest BCUT2D eigenvalue weighted by molar-refractivity contribution is -0.00935. The minimum Gasteiger partial charge on any atom is -0.444 e. The van der Waals surface area contributed by atoms with Crippen molar-refractivity contribution in [3.05, 3.63) is 71.0 Å². The number of benzene rings is 2. The number of nitrogens with zero attached hydrogens (tertiary/aromatic N) is 2. The molecule has 152 valence electrons. The summed E-state index contributed by atoms with van der Waals surface area (Å²) in [4.78, 5) is 17.5. The molecular formula is C24H27FN2O2. The van der Waals surface area contributed by atoms with Gasteiger partial charge in [0.05, 0.1) is 6.04 Å². The Labute approximate surface area is 171 Å². The van der Waals surface area contributed by atoms with E-state index in [-0.39, 0.29) is 24.1 Å². The number of carbonyl (C=O) groups excluding carboxylic acids is 1. The van der Waals surface area contributed by atoms with E-state index in [4.69, 9.17) is 4.74 Å². The lowest BCUT2D eigenvalue weighted by atomic mass is 9.88. The lowest BCUT2D eigenvalue weighted by Crippen LogP contribution is -2.49. The van der Waals surface area contributed by atoms with E-state index in [0.717, 1.165) is 36.8 Å². The maximum Gasteiger partial charge on any atom is 0.410 e. The van der Waals surface area contributed by atoms with Gasteiger partial charge in [-0.05, 0) is 68.0 Å². The number of amides is 1. The quantitative estimate of drug-likeness (QED) is 0.750. The van der Waals surface area contributed by atoms with Gasteiger partial charge in [0.15, 0.2) is 0 Å². The molecule has 2 aromatic carbocycles. The predicted octanol–water partition coefficient (Wildman–Crippen LogP) is 4.54. The predicted molar refractivity (Wildman–Crippen MR) is 109 cm³/mol. The molecule has 0 radical (unpaired) electrons. The maximum atomic E-state index is 13.5. The summed E-state index contributed by atoms with van der Waals surface area (Å²) in [5.74, 6) is -0.270. The summed E-state index contributed by atoms with van der Waals surface area (Å²) in [5, 5.41) is 0. The minimum atomic E-state index is -0.270. The van der Waals surface area contributed by atoms with Gasteiger partial charge in [0, 0.05) is 18.6 Å². The second kappa shape index (κ2) is 7.45. The second-order valence-electron chi connectivity index (χ2n) is 8.56. The normalized spacial score (nSPS) is 28.8. The summed E-state index contributed by atoms with van der Waals surface area (Å²) in [5.41, 5.74) is 3.25. The summed E-state index contributed by atoms with van der Waals surface area (Å²) in [7, 11) is 2.15. The van der Waals surface area contributed by atoms with Crippen LogP contribution in [0.3, 0.4) is 0 Å². The molecule has 2 fully saturated rings. The van der Waals surface area contributed by atoms with Gasteiger partial charge in [-0.15, -0.1) is 0 Å². The molecular weight excluding hydrogens is 367 g/mol. The molecule has 3 aliphatic heterocycles.